The number of nitrogens with zero attached hydrogens (tertiary/aromatic N) is 3. The fraction of sp³-hybridized carbons (Fsp3) is 0.600. The molecule has 0 aliphatic carbocycles. The van der Waals surface area contributed by atoms with E-state index in [-0.39, 0.29) is 0 Å². The SMILES string of the molecule is COCc1c(Br)nnn1C. The minimum Gasteiger partial charge on any atom is -0.378 e. The van der Waals surface area contributed by atoms with Crippen LogP contribution in [0.25, 0.3) is 0 Å². The third-order valence-electron chi connectivity index (χ3n) is 1.18. The van der Waals surface area contributed by atoms with E-state index in [9.17, 15) is 0 Å². The third-order valence-corrected chi connectivity index (χ3v) is 1.79. The van der Waals surface area contributed by atoms with Crippen LogP contribution in [-0.2, 0) is 18.4 Å². The molecule has 0 aliphatic rings. The van der Waals surface area contributed by atoms with Gasteiger partial charge in [-0.15, -0.1) is 5.10 Å². The molecule has 1 rings (SSSR count). The highest BCUT2D eigenvalue weighted by Gasteiger charge is 2.05. The predicted molar refractivity (Wildman–Crippen MR) is 39.4 cm³/mol. The summed E-state index contributed by atoms with van der Waals surface area (Å²) >= 11 is 3.24. The van der Waals surface area contributed by atoms with Crippen LogP contribution in [0.1, 0.15) is 5.69 Å². The zero-order valence-electron chi connectivity index (χ0n) is 5.83. The average molecular weight is 206 g/mol. The first-order valence-corrected chi connectivity index (χ1v) is 3.58. The van der Waals surface area contributed by atoms with Crippen LogP contribution < -0.4 is 0 Å². The number of aromatic nitrogens is 3. The first-order chi connectivity index (χ1) is 4.75. The molecule has 0 spiro atoms. The number of aryl methyl sites for hydroxylation is 1. The summed E-state index contributed by atoms with van der Waals surface area (Å²) in [7, 11) is 3.46. The standard InChI is InChI=1S/C5H8BrN3O/c1-9-4(3-10-2)5(6)7-8-9/h3H2,1-2H3. The lowest BCUT2D eigenvalue weighted by Crippen LogP contribution is -1.99. The Hall–Kier alpha value is -0.420. The summed E-state index contributed by atoms with van der Waals surface area (Å²) in [5, 5.41) is 7.56. The largest absolute Gasteiger partial charge is 0.378 e. The van der Waals surface area contributed by atoms with Crippen LogP contribution >= 0.6 is 15.9 Å². The van der Waals surface area contributed by atoms with Crippen LogP contribution in [0.5, 0.6) is 0 Å². The minimum absolute atomic E-state index is 0.532. The van der Waals surface area contributed by atoms with E-state index in [0.717, 1.165) is 10.3 Å². The molecule has 0 radical (unpaired) electrons. The topological polar surface area (TPSA) is 39.9 Å². The fourth-order valence-corrected chi connectivity index (χ4v) is 1.08. The lowest BCUT2D eigenvalue weighted by molar-refractivity contribution is 0.177. The first-order valence-electron chi connectivity index (χ1n) is 2.78. The number of hydrogen-bond donors (Lipinski definition) is 0. The number of rotatable bonds is 2. The molecule has 0 saturated heterocycles. The van der Waals surface area contributed by atoms with Gasteiger partial charge in [-0.1, -0.05) is 5.21 Å². The van der Waals surface area contributed by atoms with Crippen molar-refractivity contribution >= 4 is 15.9 Å². The Morgan fingerprint density at radius 1 is 1.70 bits per heavy atom. The molecule has 0 aliphatic heterocycles. The van der Waals surface area contributed by atoms with Crippen molar-refractivity contribution in [1.82, 2.24) is 15.0 Å². The molecule has 56 valence electrons. The van der Waals surface area contributed by atoms with Crippen molar-refractivity contribution < 1.29 is 4.74 Å². The van der Waals surface area contributed by atoms with Gasteiger partial charge >= 0.3 is 0 Å². The van der Waals surface area contributed by atoms with Gasteiger partial charge in [-0.2, -0.15) is 0 Å². The van der Waals surface area contributed by atoms with Gasteiger partial charge in [0.2, 0.25) is 0 Å². The van der Waals surface area contributed by atoms with Crippen molar-refractivity contribution in [1.29, 1.82) is 0 Å². The molecule has 1 aromatic heterocycles. The molecule has 5 heteroatoms. The van der Waals surface area contributed by atoms with Crippen molar-refractivity contribution in [3.8, 4) is 0 Å². The fourth-order valence-electron chi connectivity index (χ4n) is 0.641. The van der Waals surface area contributed by atoms with E-state index in [1.807, 2.05) is 7.05 Å². The van der Waals surface area contributed by atoms with E-state index in [4.69, 9.17) is 4.74 Å². The van der Waals surface area contributed by atoms with E-state index in [1.165, 1.54) is 0 Å². The molecule has 0 unspecified atom stereocenters. The highest BCUT2D eigenvalue weighted by atomic mass is 79.9. The van der Waals surface area contributed by atoms with Gasteiger partial charge in [-0.05, 0) is 15.9 Å². The summed E-state index contributed by atoms with van der Waals surface area (Å²) in [4.78, 5) is 0. The van der Waals surface area contributed by atoms with Crippen LogP contribution in [0.4, 0.5) is 0 Å². The van der Waals surface area contributed by atoms with Gasteiger partial charge in [0.15, 0.2) is 4.60 Å². The maximum Gasteiger partial charge on any atom is 0.153 e. The molecular weight excluding hydrogens is 198 g/mol. The van der Waals surface area contributed by atoms with Gasteiger partial charge in [0, 0.05) is 14.2 Å². The maximum absolute atomic E-state index is 4.92. The molecule has 0 aromatic carbocycles. The summed E-state index contributed by atoms with van der Waals surface area (Å²) in [6.45, 7) is 0.532. The zero-order valence-corrected chi connectivity index (χ0v) is 7.42. The molecule has 10 heavy (non-hydrogen) atoms. The predicted octanol–water partition coefficient (Wildman–Crippen LogP) is 0.724. The van der Waals surface area contributed by atoms with Crippen molar-refractivity contribution in [2.45, 2.75) is 6.61 Å². The van der Waals surface area contributed by atoms with Crippen molar-refractivity contribution in [3.05, 3.63) is 10.3 Å². The Morgan fingerprint density at radius 2 is 2.40 bits per heavy atom. The van der Waals surface area contributed by atoms with E-state index in [0.29, 0.717) is 6.61 Å². The van der Waals surface area contributed by atoms with Crippen LogP contribution in [-0.4, -0.2) is 22.1 Å². The molecular formula is C5H8BrN3O. The van der Waals surface area contributed by atoms with Gasteiger partial charge in [0.05, 0.1) is 12.3 Å². The minimum atomic E-state index is 0.532. The second-order valence-electron chi connectivity index (χ2n) is 1.88. The molecule has 1 aromatic rings. The lowest BCUT2D eigenvalue weighted by atomic mass is 10.5. The highest BCUT2D eigenvalue weighted by Crippen LogP contribution is 2.11. The maximum atomic E-state index is 4.92. The Labute approximate surface area is 67.3 Å². The smallest absolute Gasteiger partial charge is 0.153 e. The van der Waals surface area contributed by atoms with Crippen molar-refractivity contribution in [2.75, 3.05) is 7.11 Å². The van der Waals surface area contributed by atoms with Crippen LogP contribution in [0.2, 0.25) is 0 Å². The van der Waals surface area contributed by atoms with Crippen LogP contribution in [0.3, 0.4) is 0 Å². The van der Waals surface area contributed by atoms with Gasteiger partial charge < -0.3 is 4.74 Å². The summed E-state index contributed by atoms with van der Waals surface area (Å²) in [5.74, 6) is 0. The van der Waals surface area contributed by atoms with E-state index in [2.05, 4.69) is 26.2 Å². The summed E-state index contributed by atoms with van der Waals surface area (Å²) < 4.78 is 7.34. The third kappa shape index (κ3) is 1.35. The molecule has 0 atom stereocenters. The highest BCUT2D eigenvalue weighted by molar-refractivity contribution is 9.10. The molecule has 1 heterocycles. The van der Waals surface area contributed by atoms with E-state index < -0.39 is 0 Å². The quantitative estimate of drug-likeness (QED) is 0.715. The Kier molecular flexibility index (Phi) is 2.39. The average Bonchev–Trinajstić information content (AvgIpc) is 2.20. The number of methoxy groups -OCH3 is 1. The molecule has 0 saturated carbocycles. The molecule has 0 bridgehead atoms. The zero-order chi connectivity index (χ0) is 7.56. The monoisotopic (exact) mass is 205 g/mol. The van der Waals surface area contributed by atoms with E-state index in [1.54, 1.807) is 11.8 Å². The van der Waals surface area contributed by atoms with Crippen LogP contribution in [0.15, 0.2) is 4.60 Å². The Morgan fingerprint density at radius 3 is 2.80 bits per heavy atom. The van der Waals surface area contributed by atoms with Gasteiger partial charge in [-0.25, -0.2) is 4.68 Å². The molecule has 0 amide bonds. The summed E-state index contributed by atoms with van der Waals surface area (Å²) in [6, 6.07) is 0. The number of halogens is 1. The second-order valence-corrected chi connectivity index (χ2v) is 2.63. The van der Waals surface area contributed by atoms with Gasteiger partial charge in [-0.3, -0.25) is 0 Å². The van der Waals surface area contributed by atoms with Gasteiger partial charge in [0.25, 0.3) is 0 Å². The van der Waals surface area contributed by atoms with Crippen molar-refractivity contribution in [2.24, 2.45) is 7.05 Å². The first kappa shape index (κ1) is 7.68. The Balaban J connectivity index is 2.87. The normalized spacial score (nSPS) is 10.3. The summed E-state index contributed by atoms with van der Waals surface area (Å²) in [5.41, 5.74) is 0.947. The number of hydrogen-bond acceptors (Lipinski definition) is 3. The van der Waals surface area contributed by atoms with Crippen LogP contribution in [0, 0.1) is 0 Å². The van der Waals surface area contributed by atoms with Gasteiger partial charge in [0.1, 0.15) is 0 Å². The lowest BCUT2D eigenvalue weighted by Gasteiger charge is -1.97. The second kappa shape index (κ2) is 3.12. The Bertz CT molecular complexity index is 203. The molecule has 4 nitrogen and oxygen atoms in total. The van der Waals surface area contributed by atoms with E-state index >= 15 is 0 Å². The summed E-state index contributed by atoms with van der Waals surface area (Å²) in [6.07, 6.45) is 0. The number of ether oxygens (including phenoxy) is 1. The van der Waals surface area contributed by atoms with Crippen molar-refractivity contribution in [3.63, 3.8) is 0 Å². The molecule has 0 N–H and O–H groups in total. The molecule has 0 fully saturated rings.